The number of carbonyl (C=O) groups is 1. The molecule has 1 aliphatic rings. The first-order valence-corrected chi connectivity index (χ1v) is 14.0. The minimum Gasteiger partial charge on any atom is -0.494 e. The van der Waals surface area contributed by atoms with E-state index in [2.05, 4.69) is 35.5 Å². The standard InChI is InChI=1S/C32H35N5O4/c1-20(2)26-13-11-25-24(12-15-28(40-4)32(25)33-26)27-14-16-30(39)37(36-27)17-5-6-18-41-23-9-7-22(8-10-23)31-21(3)19-29(38)34-35-31/h7-16,20-21H,5-6,17-19H2,1-4H3,(H,34,38). The Morgan fingerprint density at radius 2 is 1.80 bits per heavy atom. The molecule has 1 amide bonds. The Balaban J connectivity index is 1.21. The number of hydrazone groups is 1. The number of hydrogen-bond donors (Lipinski definition) is 1. The van der Waals surface area contributed by atoms with E-state index in [0.717, 1.165) is 52.0 Å². The van der Waals surface area contributed by atoms with Crippen LogP contribution in [0.15, 0.2) is 70.6 Å². The number of amides is 1. The Labute approximate surface area is 239 Å². The second kappa shape index (κ2) is 12.3. The highest BCUT2D eigenvalue weighted by Crippen LogP contribution is 2.33. The fourth-order valence-corrected chi connectivity index (χ4v) is 4.95. The zero-order valence-corrected chi connectivity index (χ0v) is 23.9. The lowest BCUT2D eigenvalue weighted by atomic mass is 9.94. The van der Waals surface area contributed by atoms with E-state index in [1.54, 1.807) is 19.2 Å². The normalized spacial score (nSPS) is 15.1. The summed E-state index contributed by atoms with van der Waals surface area (Å²) in [6.45, 7) is 7.23. The van der Waals surface area contributed by atoms with Crippen molar-refractivity contribution >= 4 is 22.5 Å². The molecule has 0 saturated carbocycles. The van der Waals surface area contributed by atoms with E-state index in [1.807, 2.05) is 49.4 Å². The number of aromatic nitrogens is 3. The average molecular weight is 554 g/mol. The van der Waals surface area contributed by atoms with Gasteiger partial charge in [0.2, 0.25) is 5.91 Å². The zero-order chi connectivity index (χ0) is 28.9. The van der Waals surface area contributed by atoms with Crippen LogP contribution < -0.4 is 20.5 Å². The van der Waals surface area contributed by atoms with Gasteiger partial charge >= 0.3 is 0 Å². The quantitative estimate of drug-likeness (QED) is 0.267. The number of carbonyl (C=O) groups excluding carboxylic acids is 1. The number of benzene rings is 2. The Bertz CT molecular complexity index is 1640. The summed E-state index contributed by atoms with van der Waals surface area (Å²) in [4.78, 5) is 28.9. The lowest BCUT2D eigenvalue weighted by Crippen LogP contribution is -2.31. The van der Waals surface area contributed by atoms with Crippen LogP contribution in [0.4, 0.5) is 0 Å². The van der Waals surface area contributed by atoms with Crippen molar-refractivity contribution in [3.05, 3.63) is 82.3 Å². The fourth-order valence-electron chi connectivity index (χ4n) is 4.95. The van der Waals surface area contributed by atoms with E-state index >= 15 is 0 Å². The third kappa shape index (κ3) is 6.29. The summed E-state index contributed by atoms with van der Waals surface area (Å²) in [5.41, 5.74) is 7.65. The molecular weight excluding hydrogens is 518 g/mol. The molecule has 0 saturated heterocycles. The minimum absolute atomic E-state index is 0.0582. The first-order chi connectivity index (χ1) is 19.8. The van der Waals surface area contributed by atoms with Gasteiger partial charge in [-0.2, -0.15) is 10.2 Å². The predicted octanol–water partition coefficient (Wildman–Crippen LogP) is 5.31. The largest absolute Gasteiger partial charge is 0.494 e. The SMILES string of the molecule is COc1ccc(-c2ccc(=O)n(CCCCOc3ccc(C4=NNC(=O)CC4C)cc3)n2)c2ccc(C(C)C)nc12. The van der Waals surface area contributed by atoms with Gasteiger partial charge in [-0.25, -0.2) is 15.1 Å². The molecule has 0 spiro atoms. The first kappa shape index (κ1) is 28.0. The Morgan fingerprint density at radius 3 is 2.54 bits per heavy atom. The van der Waals surface area contributed by atoms with Crippen LogP contribution in [0.2, 0.25) is 0 Å². The third-order valence-electron chi connectivity index (χ3n) is 7.24. The van der Waals surface area contributed by atoms with Crippen molar-refractivity contribution in [1.82, 2.24) is 20.2 Å². The molecule has 0 bridgehead atoms. The average Bonchev–Trinajstić information content (AvgIpc) is 2.97. The monoisotopic (exact) mass is 553 g/mol. The molecule has 9 heteroatoms. The summed E-state index contributed by atoms with van der Waals surface area (Å²) in [5.74, 6) is 1.78. The van der Waals surface area contributed by atoms with Crippen LogP contribution in [0, 0.1) is 5.92 Å². The molecule has 4 aromatic rings. The van der Waals surface area contributed by atoms with Crippen LogP contribution in [0.5, 0.6) is 11.5 Å². The molecule has 1 atom stereocenters. The summed E-state index contributed by atoms with van der Waals surface area (Å²) in [6.07, 6.45) is 1.94. The number of nitrogens with one attached hydrogen (secondary N) is 1. The Kier molecular flexibility index (Phi) is 8.42. The molecule has 41 heavy (non-hydrogen) atoms. The molecule has 0 fully saturated rings. The molecule has 1 aliphatic heterocycles. The van der Waals surface area contributed by atoms with Crippen LogP contribution in [0.25, 0.3) is 22.2 Å². The van der Waals surface area contributed by atoms with Gasteiger partial charge in [0.05, 0.1) is 25.1 Å². The van der Waals surface area contributed by atoms with Crippen molar-refractivity contribution < 1.29 is 14.3 Å². The van der Waals surface area contributed by atoms with E-state index in [4.69, 9.17) is 14.5 Å². The van der Waals surface area contributed by atoms with E-state index in [1.165, 1.54) is 4.68 Å². The second-order valence-corrected chi connectivity index (χ2v) is 10.6. The molecule has 2 aromatic carbocycles. The van der Waals surface area contributed by atoms with E-state index in [0.29, 0.717) is 36.9 Å². The molecule has 1 N–H and O–H groups in total. The first-order valence-electron chi connectivity index (χ1n) is 14.0. The Morgan fingerprint density at radius 1 is 1.00 bits per heavy atom. The maximum atomic E-state index is 12.6. The van der Waals surface area contributed by atoms with Gasteiger partial charge in [0.1, 0.15) is 17.0 Å². The van der Waals surface area contributed by atoms with Gasteiger partial charge < -0.3 is 9.47 Å². The minimum atomic E-state index is -0.140. The van der Waals surface area contributed by atoms with Crippen LogP contribution in [-0.2, 0) is 11.3 Å². The van der Waals surface area contributed by atoms with Gasteiger partial charge in [-0.05, 0) is 72.9 Å². The second-order valence-electron chi connectivity index (χ2n) is 10.6. The van der Waals surface area contributed by atoms with Crippen LogP contribution in [0.3, 0.4) is 0 Å². The smallest absolute Gasteiger partial charge is 0.266 e. The maximum Gasteiger partial charge on any atom is 0.266 e. The maximum absolute atomic E-state index is 12.6. The Hall–Kier alpha value is -4.53. The van der Waals surface area contributed by atoms with Gasteiger partial charge in [0, 0.05) is 41.6 Å². The summed E-state index contributed by atoms with van der Waals surface area (Å²) in [7, 11) is 1.64. The lowest BCUT2D eigenvalue weighted by molar-refractivity contribution is -0.121. The number of fused-ring (bicyclic) bond motifs is 1. The molecule has 3 heterocycles. The molecule has 2 aromatic heterocycles. The van der Waals surface area contributed by atoms with Crippen molar-refractivity contribution in [2.75, 3.05) is 13.7 Å². The molecule has 0 aliphatic carbocycles. The number of methoxy groups -OCH3 is 1. The topological polar surface area (TPSA) is 108 Å². The van der Waals surface area contributed by atoms with Crippen LogP contribution >= 0.6 is 0 Å². The highest BCUT2D eigenvalue weighted by Gasteiger charge is 2.21. The molecule has 9 nitrogen and oxygen atoms in total. The predicted molar refractivity (Wildman–Crippen MR) is 160 cm³/mol. The van der Waals surface area contributed by atoms with Crippen LogP contribution in [-0.4, -0.2) is 40.1 Å². The summed E-state index contributed by atoms with van der Waals surface area (Å²) in [6, 6.07) is 19.0. The number of nitrogens with zero attached hydrogens (tertiary/aromatic N) is 4. The molecule has 0 radical (unpaired) electrons. The molecular formula is C32H35N5O4. The van der Waals surface area contributed by atoms with Crippen molar-refractivity contribution in [2.24, 2.45) is 11.0 Å². The van der Waals surface area contributed by atoms with Crippen molar-refractivity contribution in [3.8, 4) is 22.8 Å². The summed E-state index contributed by atoms with van der Waals surface area (Å²) >= 11 is 0. The number of aryl methyl sites for hydroxylation is 1. The zero-order valence-electron chi connectivity index (χ0n) is 23.9. The lowest BCUT2D eigenvalue weighted by Gasteiger charge is -2.19. The number of rotatable bonds is 10. The number of unbranched alkanes of at least 4 members (excludes halogenated alkanes) is 1. The third-order valence-corrected chi connectivity index (χ3v) is 7.24. The van der Waals surface area contributed by atoms with Crippen molar-refractivity contribution in [2.45, 2.75) is 52.5 Å². The van der Waals surface area contributed by atoms with Crippen molar-refractivity contribution in [1.29, 1.82) is 0 Å². The number of ether oxygens (including phenoxy) is 2. The van der Waals surface area contributed by atoms with E-state index < -0.39 is 0 Å². The fraction of sp³-hybridized carbons (Fsp3) is 0.344. The number of pyridine rings is 1. The summed E-state index contributed by atoms with van der Waals surface area (Å²) in [5, 5.41) is 9.82. The van der Waals surface area contributed by atoms with Crippen molar-refractivity contribution in [3.63, 3.8) is 0 Å². The van der Waals surface area contributed by atoms with E-state index in [9.17, 15) is 9.59 Å². The van der Waals surface area contributed by atoms with Crippen LogP contribution in [0.1, 0.15) is 57.2 Å². The highest BCUT2D eigenvalue weighted by atomic mass is 16.5. The highest BCUT2D eigenvalue weighted by molar-refractivity contribution is 6.05. The molecule has 5 rings (SSSR count). The van der Waals surface area contributed by atoms with E-state index in [-0.39, 0.29) is 17.4 Å². The van der Waals surface area contributed by atoms with Gasteiger partial charge in [-0.3, -0.25) is 9.59 Å². The molecule has 212 valence electrons. The number of hydrogen-bond acceptors (Lipinski definition) is 7. The summed E-state index contributed by atoms with van der Waals surface area (Å²) < 4.78 is 13.0. The van der Waals surface area contributed by atoms with Gasteiger partial charge in [-0.1, -0.05) is 26.8 Å². The van der Waals surface area contributed by atoms with Gasteiger partial charge in [0.25, 0.3) is 5.56 Å². The van der Waals surface area contributed by atoms with Gasteiger partial charge in [0.15, 0.2) is 0 Å². The van der Waals surface area contributed by atoms with Gasteiger partial charge in [-0.15, -0.1) is 0 Å². The molecule has 1 unspecified atom stereocenters.